The molecule has 0 aliphatic heterocycles. The molecular weight excluding hydrogens is 132 g/mol. The van der Waals surface area contributed by atoms with Crippen molar-refractivity contribution in [2.45, 2.75) is 26.2 Å². The minimum Gasteiger partial charge on any atom is -0.0848 e. The van der Waals surface area contributed by atoms with Crippen LogP contribution in [-0.2, 0) is 0 Å². The van der Waals surface area contributed by atoms with E-state index >= 15 is 0 Å². The highest BCUT2D eigenvalue weighted by molar-refractivity contribution is 5.15. The Bertz CT molecular complexity index is 204. The summed E-state index contributed by atoms with van der Waals surface area (Å²) >= 11 is 0. The molecule has 0 heterocycles. The van der Waals surface area contributed by atoms with E-state index in [1.807, 2.05) is 0 Å². The molecular formula is C11H16. The van der Waals surface area contributed by atoms with Gasteiger partial charge >= 0.3 is 0 Å². The Labute approximate surface area is 68.7 Å². The normalized spacial score (nSPS) is 58.8. The zero-order valence-electron chi connectivity index (χ0n) is 7.16. The molecule has 2 bridgehead atoms. The van der Waals surface area contributed by atoms with Crippen molar-refractivity contribution in [1.82, 2.24) is 0 Å². The van der Waals surface area contributed by atoms with Crippen molar-refractivity contribution in [1.29, 1.82) is 0 Å². The zero-order valence-corrected chi connectivity index (χ0v) is 7.16. The van der Waals surface area contributed by atoms with Gasteiger partial charge in [0.05, 0.1) is 0 Å². The van der Waals surface area contributed by atoms with Crippen molar-refractivity contribution in [3.05, 3.63) is 12.2 Å². The van der Waals surface area contributed by atoms with Gasteiger partial charge in [0.1, 0.15) is 0 Å². The molecule has 2 fully saturated rings. The highest BCUT2D eigenvalue weighted by atomic mass is 14.5. The number of hydrogen-bond donors (Lipinski definition) is 0. The lowest BCUT2D eigenvalue weighted by Gasteiger charge is -2.23. The van der Waals surface area contributed by atoms with Gasteiger partial charge in [-0.25, -0.2) is 0 Å². The molecule has 3 rings (SSSR count). The molecule has 0 amide bonds. The van der Waals surface area contributed by atoms with Gasteiger partial charge in [0, 0.05) is 0 Å². The number of hydrogen-bond acceptors (Lipinski definition) is 0. The molecule has 0 heteroatoms. The largest absolute Gasteiger partial charge is 0.0848 e. The molecule has 0 unspecified atom stereocenters. The first kappa shape index (κ1) is 6.28. The molecule has 0 aromatic heterocycles. The third kappa shape index (κ3) is 0.660. The fraction of sp³-hybridized carbons (Fsp3) is 0.818. The summed E-state index contributed by atoms with van der Waals surface area (Å²) in [5.74, 6) is 5.20. The van der Waals surface area contributed by atoms with Gasteiger partial charge in [-0.05, 0) is 42.4 Å². The van der Waals surface area contributed by atoms with Crippen molar-refractivity contribution in [3.8, 4) is 0 Å². The van der Waals surface area contributed by atoms with Crippen LogP contribution in [0, 0.1) is 29.6 Å². The second-order valence-corrected chi connectivity index (χ2v) is 4.74. The van der Waals surface area contributed by atoms with Gasteiger partial charge in [-0.3, -0.25) is 0 Å². The van der Waals surface area contributed by atoms with Gasteiger partial charge in [-0.1, -0.05) is 25.5 Å². The van der Waals surface area contributed by atoms with Gasteiger partial charge in [0.2, 0.25) is 0 Å². The van der Waals surface area contributed by atoms with E-state index in [-0.39, 0.29) is 0 Å². The van der Waals surface area contributed by atoms with Crippen molar-refractivity contribution in [2.24, 2.45) is 29.6 Å². The predicted octanol–water partition coefficient (Wildman–Crippen LogP) is 2.85. The minimum atomic E-state index is 0.988. The van der Waals surface area contributed by atoms with Crippen molar-refractivity contribution >= 4 is 0 Å². The molecule has 0 nitrogen and oxygen atoms in total. The summed E-state index contributed by atoms with van der Waals surface area (Å²) in [6.45, 7) is 2.46. The standard InChI is InChI=1S/C11H16/c1-7-2-5-10-8-3-4-9(6-8)11(7)10/h3-4,7-11H,2,5-6H2,1H3/t7-,8+,9-,10+,11-/m0/s1. The second-order valence-electron chi connectivity index (χ2n) is 4.74. The predicted molar refractivity (Wildman–Crippen MR) is 46.1 cm³/mol. The van der Waals surface area contributed by atoms with Gasteiger partial charge in [0.15, 0.2) is 0 Å². The van der Waals surface area contributed by atoms with E-state index in [1.54, 1.807) is 0 Å². The van der Waals surface area contributed by atoms with Crippen LogP contribution in [0.25, 0.3) is 0 Å². The molecule has 0 radical (unpaired) electrons. The summed E-state index contributed by atoms with van der Waals surface area (Å²) < 4.78 is 0. The van der Waals surface area contributed by atoms with Gasteiger partial charge in [-0.2, -0.15) is 0 Å². The lowest BCUT2D eigenvalue weighted by molar-refractivity contribution is 0.304. The minimum absolute atomic E-state index is 0.988. The Hall–Kier alpha value is -0.260. The first-order valence-electron chi connectivity index (χ1n) is 5.04. The molecule has 0 aromatic rings. The van der Waals surface area contributed by atoms with Crippen LogP contribution in [0.2, 0.25) is 0 Å². The van der Waals surface area contributed by atoms with Crippen LogP contribution in [0.1, 0.15) is 26.2 Å². The van der Waals surface area contributed by atoms with E-state index in [4.69, 9.17) is 0 Å². The fourth-order valence-corrected chi connectivity index (χ4v) is 3.86. The number of fused-ring (bicyclic) bond motifs is 5. The highest BCUT2D eigenvalue weighted by Crippen LogP contribution is 2.57. The zero-order chi connectivity index (χ0) is 7.42. The summed E-state index contributed by atoms with van der Waals surface area (Å²) in [6.07, 6.45) is 9.51. The van der Waals surface area contributed by atoms with E-state index in [0.717, 1.165) is 29.6 Å². The summed E-state index contributed by atoms with van der Waals surface area (Å²) in [6, 6.07) is 0. The third-order valence-corrected chi connectivity index (χ3v) is 4.30. The molecule has 11 heavy (non-hydrogen) atoms. The Morgan fingerprint density at radius 1 is 1.09 bits per heavy atom. The monoisotopic (exact) mass is 148 g/mol. The maximum Gasteiger partial charge on any atom is -0.0194 e. The van der Waals surface area contributed by atoms with E-state index < -0.39 is 0 Å². The van der Waals surface area contributed by atoms with Crippen molar-refractivity contribution < 1.29 is 0 Å². The second kappa shape index (κ2) is 1.91. The van der Waals surface area contributed by atoms with Gasteiger partial charge in [0.25, 0.3) is 0 Å². The highest BCUT2D eigenvalue weighted by Gasteiger charge is 2.49. The van der Waals surface area contributed by atoms with Crippen molar-refractivity contribution in [3.63, 3.8) is 0 Å². The van der Waals surface area contributed by atoms with Gasteiger partial charge < -0.3 is 0 Å². The lowest BCUT2D eigenvalue weighted by Crippen LogP contribution is -2.17. The Kier molecular flexibility index (Phi) is 1.09. The van der Waals surface area contributed by atoms with E-state index in [0.29, 0.717) is 0 Å². The first-order chi connectivity index (χ1) is 5.36. The summed E-state index contributed by atoms with van der Waals surface area (Å²) in [5.41, 5.74) is 0. The van der Waals surface area contributed by atoms with Crippen LogP contribution in [-0.4, -0.2) is 0 Å². The molecule has 0 N–H and O–H groups in total. The van der Waals surface area contributed by atoms with E-state index in [2.05, 4.69) is 19.1 Å². The molecule has 0 saturated heterocycles. The van der Waals surface area contributed by atoms with Crippen LogP contribution in [0.4, 0.5) is 0 Å². The number of rotatable bonds is 0. The molecule has 0 spiro atoms. The first-order valence-corrected chi connectivity index (χ1v) is 5.04. The quantitative estimate of drug-likeness (QED) is 0.463. The maximum absolute atomic E-state index is 2.49. The Morgan fingerprint density at radius 3 is 2.73 bits per heavy atom. The molecule has 3 aliphatic rings. The van der Waals surface area contributed by atoms with Crippen LogP contribution in [0.5, 0.6) is 0 Å². The van der Waals surface area contributed by atoms with Crippen LogP contribution >= 0.6 is 0 Å². The Balaban J connectivity index is 1.97. The van der Waals surface area contributed by atoms with E-state index in [9.17, 15) is 0 Å². The fourth-order valence-electron chi connectivity index (χ4n) is 3.86. The Morgan fingerprint density at radius 2 is 1.91 bits per heavy atom. The smallest absolute Gasteiger partial charge is 0.0194 e. The van der Waals surface area contributed by atoms with Crippen LogP contribution in [0.3, 0.4) is 0 Å². The average molecular weight is 148 g/mol. The molecule has 3 aliphatic carbocycles. The van der Waals surface area contributed by atoms with Gasteiger partial charge in [-0.15, -0.1) is 0 Å². The summed E-state index contributed by atoms with van der Waals surface area (Å²) in [7, 11) is 0. The third-order valence-electron chi connectivity index (χ3n) is 4.30. The number of allylic oxidation sites excluding steroid dienone is 2. The molecule has 5 atom stereocenters. The topological polar surface area (TPSA) is 0 Å². The average Bonchev–Trinajstić information content (AvgIpc) is 2.60. The molecule has 0 aromatic carbocycles. The van der Waals surface area contributed by atoms with Crippen molar-refractivity contribution in [2.75, 3.05) is 0 Å². The summed E-state index contributed by atoms with van der Waals surface area (Å²) in [5, 5.41) is 0. The van der Waals surface area contributed by atoms with Crippen LogP contribution in [0.15, 0.2) is 12.2 Å². The summed E-state index contributed by atoms with van der Waals surface area (Å²) in [4.78, 5) is 0. The van der Waals surface area contributed by atoms with Crippen LogP contribution < -0.4 is 0 Å². The lowest BCUT2D eigenvalue weighted by atomic mass is 9.82. The SMILES string of the molecule is C[C@H]1CC[C@H]2[C@@H]1[C@H]1C=C[C@@H]2C1. The maximum atomic E-state index is 2.49. The molecule has 60 valence electrons. The molecule has 2 saturated carbocycles. The van der Waals surface area contributed by atoms with E-state index in [1.165, 1.54) is 19.3 Å².